The van der Waals surface area contributed by atoms with Crippen molar-refractivity contribution in [2.24, 2.45) is 0 Å². The lowest BCUT2D eigenvalue weighted by Crippen LogP contribution is -2.30. The first kappa shape index (κ1) is 24.3. The first-order chi connectivity index (χ1) is 16.5. The summed E-state index contributed by atoms with van der Waals surface area (Å²) in [4.78, 5) is 49.3. The molecule has 1 atom stereocenters. The molecule has 35 heavy (non-hydrogen) atoms. The molecule has 0 spiro atoms. The molecule has 1 aliphatic heterocycles. The number of hydrogen-bond acceptors (Lipinski definition) is 7. The predicted octanol–water partition coefficient (Wildman–Crippen LogP) is 3.89. The number of thiazole rings is 1. The van der Waals surface area contributed by atoms with E-state index in [4.69, 9.17) is 0 Å². The van der Waals surface area contributed by atoms with E-state index in [1.807, 2.05) is 0 Å². The largest absolute Gasteiger partial charge is 0.416 e. The van der Waals surface area contributed by atoms with Crippen molar-refractivity contribution in [1.82, 2.24) is 20.3 Å². The van der Waals surface area contributed by atoms with Crippen LogP contribution >= 0.6 is 11.3 Å². The number of nitrogens with zero attached hydrogens (tertiary/aromatic N) is 3. The molecule has 182 valence electrons. The number of aromatic nitrogens is 3. The van der Waals surface area contributed by atoms with E-state index >= 15 is 0 Å². The number of amides is 3. The second-order valence-corrected chi connectivity index (χ2v) is 8.90. The van der Waals surface area contributed by atoms with Crippen LogP contribution in [-0.4, -0.2) is 32.7 Å². The van der Waals surface area contributed by atoms with E-state index < -0.39 is 29.6 Å². The topological polar surface area (TPSA) is 126 Å². The molecule has 4 rings (SSSR count). The zero-order valence-electron chi connectivity index (χ0n) is 18.5. The fourth-order valence-corrected chi connectivity index (χ4v) is 4.32. The van der Waals surface area contributed by atoms with Gasteiger partial charge in [0, 0.05) is 17.7 Å². The Morgan fingerprint density at radius 1 is 1.14 bits per heavy atom. The van der Waals surface area contributed by atoms with E-state index in [2.05, 4.69) is 30.9 Å². The fraction of sp³-hybridized carbons (Fsp3) is 0.273. The summed E-state index contributed by atoms with van der Waals surface area (Å²) < 4.78 is 39.4. The van der Waals surface area contributed by atoms with Gasteiger partial charge in [-0.2, -0.15) is 13.2 Å². The number of anilines is 2. The van der Waals surface area contributed by atoms with Crippen molar-refractivity contribution in [2.45, 2.75) is 38.9 Å². The molecule has 0 saturated heterocycles. The van der Waals surface area contributed by atoms with E-state index in [9.17, 15) is 27.6 Å². The lowest BCUT2D eigenvalue weighted by molar-refractivity contribution is -0.138. The number of halogens is 3. The van der Waals surface area contributed by atoms with Gasteiger partial charge in [0.2, 0.25) is 5.91 Å². The quantitative estimate of drug-likeness (QED) is 0.484. The SMILES string of the molecule is Cc1ccc(NC(=O)c2cnc([C@@H](C)NC(=O)c3ncnc4c3CCC(=O)N4)s2)cc1C(F)(F)F. The van der Waals surface area contributed by atoms with Gasteiger partial charge >= 0.3 is 6.18 Å². The number of rotatable bonds is 5. The van der Waals surface area contributed by atoms with E-state index in [1.165, 1.54) is 31.6 Å². The Hall–Kier alpha value is -3.87. The average molecular weight is 504 g/mol. The average Bonchev–Trinajstić information content (AvgIpc) is 3.29. The van der Waals surface area contributed by atoms with E-state index in [0.29, 0.717) is 22.8 Å². The summed E-state index contributed by atoms with van der Waals surface area (Å²) in [5.41, 5.74) is -0.107. The third kappa shape index (κ3) is 5.29. The third-order valence-corrected chi connectivity index (χ3v) is 6.47. The van der Waals surface area contributed by atoms with E-state index in [-0.39, 0.29) is 34.1 Å². The van der Waals surface area contributed by atoms with Crippen LogP contribution in [0.25, 0.3) is 0 Å². The number of nitrogens with one attached hydrogen (secondary N) is 3. The van der Waals surface area contributed by atoms with Crippen molar-refractivity contribution in [3.05, 3.63) is 63.0 Å². The molecule has 0 aliphatic carbocycles. The van der Waals surface area contributed by atoms with Crippen LogP contribution < -0.4 is 16.0 Å². The minimum atomic E-state index is -4.54. The molecule has 13 heteroatoms. The lowest BCUT2D eigenvalue weighted by atomic mass is 10.0. The maximum atomic E-state index is 13.1. The molecule has 3 aromatic rings. The number of carbonyl (C=O) groups is 3. The molecule has 9 nitrogen and oxygen atoms in total. The lowest BCUT2D eigenvalue weighted by Gasteiger charge is -2.18. The highest BCUT2D eigenvalue weighted by atomic mass is 32.1. The van der Waals surface area contributed by atoms with Crippen molar-refractivity contribution < 1.29 is 27.6 Å². The number of hydrogen-bond donors (Lipinski definition) is 3. The van der Waals surface area contributed by atoms with Crippen molar-refractivity contribution in [3.63, 3.8) is 0 Å². The Balaban J connectivity index is 1.44. The number of fused-ring (bicyclic) bond motifs is 1. The van der Waals surface area contributed by atoms with E-state index in [1.54, 1.807) is 6.92 Å². The molecule has 0 saturated carbocycles. The van der Waals surface area contributed by atoms with Gasteiger partial charge in [-0.25, -0.2) is 15.0 Å². The van der Waals surface area contributed by atoms with Crippen LogP contribution in [-0.2, 0) is 17.4 Å². The van der Waals surface area contributed by atoms with Crippen LogP contribution in [0.15, 0.2) is 30.7 Å². The molecule has 0 bridgehead atoms. The standard InChI is InChI=1S/C22H19F3N6O3S/c1-10-3-4-12(7-14(10)22(23,24)25)30-19(33)15-8-26-21(35-15)11(2)29-20(34)17-13-5-6-16(32)31-18(13)28-9-27-17/h3-4,7-9,11H,5-6H2,1-2H3,(H,29,34)(H,30,33)(H,27,28,31,32)/t11-/m1/s1. The van der Waals surface area contributed by atoms with Gasteiger partial charge in [0.1, 0.15) is 27.7 Å². The first-order valence-corrected chi connectivity index (χ1v) is 11.2. The second kappa shape index (κ2) is 9.41. The summed E-state index contributed by atoms with van der Waals surface area (Å²) in [6.45, 7) is 3.01. The van der Waals surface area contributed by atoms with Gasteiger partial charge in [-0.1, -0.05) is 6.07 Å². The van der Waals surface area contributed by atoms with Crippen molar-refractivity contribution >= 4 is 40.6 Å². The highest BCUT2D eigenvalue weighted by molar-refractivity contribution is 7.13. The summed E-state index contributed by atoms with van der Waals surface area (Å²) in [6, 6.07) is 2.96. The highest BCUT2D eigenvalue weighted by Crippen LogP contribution is 2.33. The Labute approximate surface area is 201 Å². The molecular weight excluding hydrogens is 485 g/mol. The number of carbonyl (C=O) groups excluding carboxylic acids is 3. The zero-order valence-corrected chi connectivity index (χ0v) is 19.3. The van der Waals surface area contributed by atoms with Crippen LogP contribution in [0.5, 0.6) is 0 Å². The smallest absolute Gasteiger partial charge is 0.342 e. The minimum Gasteiger partial charge on any atom is -0.342 e. The van der Waals surface area contributed by atoms with Gasteiger partial charge in [0.25, 0.3) is 11.8 Å². The maximum Gasteiger partial charge on any atom is 0.416 e. The van der Waals surface area contributed by atoms with Gasteiger partial charge in [0.05, 0.1) is 17.8 Å². The highest BCUT2D eigenvalue weighted by Gasteiger charge is 2.32. The molecule has 0 unspecified atom stereocenters. The van der Waals surface area contributed by atoms with Gasteiger partial charge < -0.3 is 16.0 Å². The molecule has 1 aromatic carbocycles. The van der Waals surface area contributed by atoms with Crippen LogP contribution in [0.2, 0.25) is 0 Å². The van der Waals surface area contributed by atoms with Gasteiger partial charge in [0.15, 0.2) is 0 Å². The third-order valence-electron chi connectivity index (χ3n) is 5.29. The van der Waals surface area contributed by atoms with Gasteiger partial charge in [-0.05, 0) is 38.0 Å². The van der Waals surface area contributed by atoms with E-state index in [0.717, 1.165) is 17.4 Å². The Bertz CT molecular complexity index is 1320. The van der Waals surface area contributed by atoms with Crippen LogP contribution in [0.4, 0.5) is 24.7 Å². The van der Waals surface area contributed by atoms with Crippen molar-refractivity contribution in [2.75, 3.05) is 10.6 Å². The molecule has 1 aliphatic rings. The number of aryl methyl sites for hydroxylation is 1. The Kier molecular flexibility index (Phi) is 6.52. The minimum absolute atomic E-state index is 0.00449. The fourth-order valence-electron chi connectivity index (χ4n) is 3.50. The summed E-state index contributed by atoms with van der Waals surface area (Å²) in [5.74, 6) is -1.01. The summed E-state index contributed by atoms with van der Waals surface area (Å²) in [6.07, 6.45) is -1.52. The molecule has 3 amide bonds. The second-order valence-electron chi connectivity index (χ2n) is 7.84. The molecule has 0 fully saturated rings. The molecule has 3 heterocycles. The Morgan fingerprint density at radius 2 is 1.91 bits per heavy atom. The molecular formula is C22H19F3N6O3S. The summed E-state index contributed by atoms with van der Waals surface area (Å²) >= 11 is 0.998. The number of benzene rings is 1. The predicted molar refractivity (Wildman–Crippen MR) is 121 cm³/mol. The summed E-state index contributed by atoms with van der Waals surface area (Å²) in [7, 11) is 0. The monoisotopic (exact) mass is 504 g/mol. The maximum absolute atomic E-state index is 13.1. The van der Waals surface area contributed by atoms with Crippen molar-refractivity contribution in [1.29, 1.82) is 0 Å². The van der Waals surface area contributed by atoms with Crippen LogP contribution in [0.1, 0.15) is 61.2 Å². The van der Waals surface area contributed by atoms with Gasteiger partial charge in [-0.3, -0.25) is 14.4 Å². The molecule has 0 radical (unpaired) electrons. The first-order valence-electron chi connectivity index (χ1n) is 10.4. The molecule has 3 N–H and O–H groups in total. The zero-order chi connectivity index (χ0) is 25.3. The van der Waals surface area contributed by atoms with Crippen LogP contribution in [0.3, 0.4) is 0 Å². The van der Waals surface area contributed by atoms with Crippen molar-refractivity contribution in [3.8, 4) is 0 Å². The van der Waals surface area contributed by atoms with Crippen LogP contribution in [0, 0.1) is 6.92 Å². The van der Waals surface area contributed by atoms with Gasteiger partial charge in [-0.15, -0.1) is 11.3 Å². The number of alkyl halides is 3. The molecule has 2 aromatic heterocycles. The summed E-state index contributed by atoms with van der Waals surface area (Å²) in [5, 5.41) is 8.22. The Morgan fingerprint density at radius 3 is 2.66 bits per heavy atom. The normalized spacial score (nSPS) is 14.0.